The van der Waals surface area contributed by atoms with Crippen LogP contribution in [0.2, 0.25) is 0 Å². The molecular weight excluding hydrogens is 223 g/mol. The second-order valence-electron chi connectivity index (χ2n) is 3.61. The zero-order valence-electron chi connectivity index (χ0n) is 9.31. The Labute approximate surface area is 94.0 Å². The van der Waals surface area contributed by atoms with E-state index >= 15 is 0 Å². The Morgan fingerprint density at radius 1 is 1.20 bits per heavy atom. The summed E-state index contributed by atoms with van der Waals surface area (Å²) in [5.41, 5.74) is 5.48. The van der Waals surface area contributed by atoms with Gasteiger partial charge in [0.25, 0.3) is 0 Å². The highest BCUT2D eigenvalue weighted by atomic mass is 32.2. The third-order valence-corrected chi connectivity index (χ3v) is 3.73. The number of rotatable bonds is 7. The molecule has 0 aliphatic rings. The molecule has 92 valence electrons. The molecule has 0 bridgehead atoms. The summed E-state index contributed by atoms with van der Waals surface area (Å²) in [6.45, 7) is 3.72. The molecule has 0 aromatic rings. The highest BCUT2D eigenvalue weighted by Crippen LogP contribution is 2.33. The third-order valence-electron chi connectivity index (χ3n) is 2.23. The molecule has 0 aliphatic heterocycles. The van der Waals surface area contributed by atoms with Gasteiger partial charge in [-0.25, -0.2) is 0 Å². The minimum absolute atomic E-state index is 0.366. The van der Waals surface area contributed by atoms with Crippen LogP contribution in [0.25, 0.3) is 0 Å². The van der Waals surface area contributed by atoms with Crippen LogP contribution in [0.15, 0.2) is 0 Å². The van der Waals surface area contributed by atoms with E-state index in [0.29, 0.717) is 12.2 Å². The maximum Gasteiger partial charge on any atom is 0.402 e. The Kier molecular flexibility index (Phi) is 7.44. The van der Waals surface area contributed by atoms with Gasteiger partial charge in [0.15, 0.2) is 0 Å². The maximum absolute atomic E-state index is 12.6. The second-order valence-corrected chi connectivity index (χ2v) is 4.86. The Hall–Kier alpha value is 0.100. The molecule has 0 aromatic carbocycles. The monoisotopic (exact) mass is 243 g/mol. The highest BCUT2D eigenvalue weighted by Gasteiger charge is 2.42. The first-order valence-electron chi connectivity index (χ1n) is 5.37. The lowest BCUT2D eigenvalue weighted by molar-refractivity contribution is -0.132. The molecule has 1 nitrogen and oxygen atoms in total. The van der Waals surface area contributed by atoms with Crippen molar-refractivity contribution in [1.82, 2.24) is 0 Å². The SMILES string of the molecule is CCCCCSC(C(N)CC)C(F)(F)F. The Morgan fingerprint density at radius 3 is 2.20 bits per heavy atom. The Bertz CT molecular complexity index is 161. The van der Waals surface area contributed by atoms with Crippen LogP contribution in [0.5, 0.6) is 0 Å². The molecule has 2 unspecified atom stereocenters. The lowest BCUT2D eigenvalue weighted by Gasteiger charge is -2.24. The van der Waals surface area contributed by atoms with Gasteiger partial charge in [0.2, 0.25) is 0 Å². The van der Waals surface area contributed by atoms with Gasteiger partial charge in [-0.05, 0) is 18.6 Å². The highest BCUT2D eigenvalue weighted by molar-refractivity contribution is 8.00. The van der Waals surface area contributed by atoms with Crippen LogP contribution in [-0.4, -0.2) is 23.2 Å². The summed E-state index contributed by atoms with van der Waals surface area (Å²) in [6, 6.07) is -0.781. The Morgan fingerprint density at radius 2 is 1.80 bits per heavy atom. The Balaban J connectivity index is 4.03. The van der Waals surface area contributed by atoms with Gasteiger partial charge in [0, 0.05) is 6.04 Å². The fraction of sp³-hybridized carbons (Fsp3) is 1.00. The summed E-state index contributed by atoms with van der Waals surface area (Å²) >= 11 is 0.951. The van der Waals surface area contributed by atoms with Crippen molar-refractivity contribution in [3.05, 3.63) is 0 Å². The first-order valence-corrected chi connectivity index (χ1v) is 6.42. The van der Waals surface area contributed by atoms with Gasteiger partial charge in [-0.2, -0.15) is 13.2 Å². The first kappa shape index (κ1) is 15.1. The number of hydrogen-bond acceptors (Lipinski definition) is 2. The van der Waals surface area contributed by atoms with Gasteiger partial charge in [0.05, 0.1) is 0 Å². The van der Waals surface area contributed by atoms with Crippen molar-refractivity contribution in [3.8, 4) is 0 Å². The number of nitrogens with two attached hydrogens (primary N) is 1. The van der Waals surface area contributed by atoms with E-state index < -0.39 is 17.5 Å². The predicted octanol–water partition coefficient (Wildman–Crippen LogP) is 3.58. The van der Waals surface area contributed by atoms with Gasteiger partial charge in [-0.3, -0.25) is 0 Å². The summed E-state index contributed by atoms with van der Waals surface area (Å²) in [6.07, 6.45) is -0.961. The van der Waals surface area contributed by atoms with Gasteiger partial charge in [-0.1, -0.05) is 26.7 Å². The number of hydrogen-bond donors (Lipinski definition) is 1. The van der Waals surface area contributed by atoms with E-state index in [4.69, 9.17) is 5.73 Å². The van der Waals surface area contributed by atoms with E-state index in [1.807, 2.05) is 6.92 Å². The fourth-order valence-corrected chi connectivity index (χ4v) is 2.49. The number of halogens is 3. The number of thioether (sulfide) groups is 1. The van der Waals surface area contributed by atoms with Crippen LogP contribution >= 0.6 is 11.8 Å². The third kappa shape index (κ3) is 6.30. The second kappa shape index (κ2) is 7.39. The molecule has 0 saturated carbocycles. The molecule has 0 aromatic heterocycles. The van der Waals surface area contributed by atoms with E-state index in [-0.39, 0.29) is 0 Å². The molecule has 0 rings (SSSR count). The normalized spacial score (nSPS) is 16.4. The minimum Gasteiger partial charge on any atom is -0.326 e. The maximum atomic E-state index is 12.6. The summed E-state index contributed by atoms with van der Waals surface area (Å²) in [4.78, 5) is 0. The summed E-state index contributed by atoms with van der Waals surface area (Å²) in [7, 11) is 0. The van der Waals surface area contributed by atoms with E-state index in [1.165, 1.54) is 0 Å². The summed E-state index contributed by atoms with van der Waals surface area (Å²) in [5.74, 6) is 0.547. The van der Waals surface area contributed by atoms with Crippen molar-refractivity contribution in [2.45, 2.75) is 57.0 Å². The molecule has 0 saturated heterocycles. The standard InChI is InChI=1S/C10H20F3NS/c1-3-5-6-7-15-9(8(14)4-2)10(11,12)13/h8-9H,3-7,14H2,1-2H3. The van der Waals surface area contributed by atoms with Crippen molar-refractivity contribution in [2.24, 2.45) is 5.73 Å². The van der Waals surface area contributed by atoms with Crippen molar-refractivity contribution in [2.75, 3.05) is 5.75 Å². The summed E-state index contributed by atoms with van der Waals surface area (Å²) < 4.78 is 37.7. The van der Waals surface area contributed by atoms with Crippen molar-refractivity contribution in [1.29, 1.82) is 0 Å². The van der Waals surface area contributed by atoms with Crippen LogP contribution in [0.1, 0.15) is 39.5 Å². The largest absolute Gasteiger partial charge is 0.402 e. The van der Waals surface area contributed by atoms with Gasteiger partial charge >= 0.3 is 6.18 Å². The van der Waals surface area contributed by atoms with E-state index in [1.54, 1.807) is 6.92 Å². The zero-order valence-corrected chi connectivity index (χ0v) is 10.1. The number of unbranched alkanes of at least 4 members (excludes halogenated alkanes) is 2. The van der Waals surface area contributed by atoms with Gasteiger partial charge in [-0.15, -0.1) is 11.8 Å². The first-order chi connectivity index (χ1) is 6.93. The number of alkyl halides is 3. The van der Waals surface area contributed by atoms with Crippen LogP contribution in [0.4, 0.5) is 13.2 Å². The van der Waals surface area contributed by atoms with Crippen LogP contribution < -0.4 is 5.73 Å². The molecule has 2 N–H and O–H groups in total. The lowest BCUT2D eigenvalue weighted by Crippen LogP contribution is -2.42. The molecule has 15 heavy (non-hydrogen) atoms. The van der Waals surface area contributed by atoms with Crippen LogP contribution in [-0.2, 0) is 0 Å². The van der Waals surface area contributed by atoms with Crippen LogP contribution in [0.3, 0.4) is 0 Å². The molecule has 2 atom stereocenters. The van der Waals surface area contributed by atoms with E-state index in [2.05, 4.69) is 0 Å². The van der Waals surface area contributed by atoms with Crippen molar-refractivity contribution >= 4 is 11.8 Å². The van der Waals surface area contributed by atoms with Crippen LogP contribution in [0, 0.1) is 0 Å². The fourth-order valence-electron chi connectivity index (χ4n) is 1.24. The quantitative estimate of drug-likeness (QED) is 0.692. The molecule has 5 heteroatoms. The summed E-state index contributed by atoms with van der Waals surface area (Å²) in [5, 5.41) is -1.40. The molecule has 0 fully saturated rings. The topological polar surface area (TPSA) is 26.0 Å². The molecular formula is C10H20F3NS. The molecule has 0 amide bonds. The van der Waals surface area contributed by atoms with Crippen molar-refractivity contribution in [3.63, 3.8) is 0 Å². The average molecular weight is 243 g/mol. The average Bonchev–Trinajstić information content (AvgIpc) is 2.15. The molecule has 0 aliphatic carbocycles. The molecule has 0 spiro atoms. The van der Waals surface area contributed by atoms with Crippen molar-refractivity contribution < 1.29 is 13.2 Å². The molecule has 0 radical (unpaired) electrons. The predicted molar refractivity (Wildman–Crippen MR) is 60.1 cm³/mol. The minimum atomic E-state index is -4.17. The molecule has 0 heterocycles. The zero-order chi connectivity index (χ0) is 11.9. The van der Waals surface area contributed by atoms with E-state index in [0.717, 1.165) is 31.0 Å². The lowest BCUT2D eigenvalue weighted by atomic mass is 10.1. The van der Waals surface area contributed by atoms with Gasteiger partial charge < -0.3 is 5.73 Å². The van der Waals surface area contributed by atoms with E-state index in [9.17, 15) is 13.2 Å². The van der Waals surface area contributed by atoms with Gasteiger partial charge in [0.1, 0.15) is 5.25 Å². The smallest absolute Gasteiger partial charge is 0.326 e.